The number of hydrogen-bond donors (Lipinski definition) is 1. The van der Waals surface area contributed by atoms with Crippen LogP contribution in [0.1, 0.15) is 12.8 Å². The summed E-state index contributed by atoms with van der Waals surface area (Å²) in [5.74, 6) is 0.453. The van der Waals surface area contributed by atoms with Gasteiger partial charge in [-0.1, -0.05) is 0 Å². The first-order chi connectivity index (χ1) is 7.63. The molecule has 0 aromatic rings. The smallest absolute Gasteiger partial charge is 0.234 e. The normalized spacial score (nSPS) is 15.2. The van der Waals surface area contributed by atoms with E-state index < -0.39 is 0 Å². The van der Waals surface area contributed by atoms with Crippen molar-refractivity contribution < 1.29 is 14.3 Å². The summed E-state index contributed by atoms with van der Waals surface area (Å²) in [7, 11) is 3.38. The van der Waals surface area contributed by atoms with Gasteiger partial charge in [0.15, 0.2) is 0 Å². The lowest BCUT2D eigenvalue weighted by atomic mass is 10.2. The van der Waals surface area contributed by atoms with Crippen LogP contribution in [-0.2, 0) is 14.3 Å². The van der Waals surface area contributed by atoms with Gasteiger partial charge in [0, 0.05) is 19.6 Å². The van der Waals surface area contributed by atoms with E-state index in [4.69, 9.17) is 4.74 Å². The van der Waals surface area contributed by atoms with Crippen LogP contribution < -0.4 is 5.32 Å². The van der Waals surface area contributed by atoms with Gasteiger partial charge in [-0.15, -0.1) is 0 Å². The molecule has 0 unspecified atom stereocenters. The minimum absolute atomic E-state index is 0.0665. The van der Waals surface area contributed by atoms with Crippen molar-refractivity contribution in [3.05, 3.63) is 0 Å². The van der Waals surface area contributed by atoms with Gasteiger partial charge >= 0.3 is 0 Å². The fourth-order valence-corrected chi connectivity index (χ4v) is 1.45. The van der Waals surface area contributed by atoms with Crippen LogP contribution in [-0.4, -0.2) is 57.0 Å². The van der Waals surface area contributed by atoms with Gasteiger partial charge in [-0.05, 0) is 19.9 Å². The molecular formula is C11H20N2O3. The monoisotopic (exact) mass is 228 g/mol. The van der Waals surface area contributed by atoms with Gasteiger partial charge in [0.05, 0.1) is 19.7 Å². The molecule has 0 spiro atoms. The van der Waals surface area contributed by atoms with Crippen molar-refractivity contribution in [2.75, 3.05) is 40.4 Å². The number of rotatable bonds is 8. The maximum atomic E-state index is 11.5. The number of ketones is 1. The van der Waals surface area contributed by atoms with Crippen LogP contribution in [0.5, 0.6) is 0 Å². The average molecular weight is 228 g/mol. The zero-order valence-corrected chi connectivity index (χ0v) is 9.99. The molecule has 1 amide bonds. The second kappa shape index (κ2) is 6.60. The van der Waals surface area contributed by atoms with Crippen molar-refractivity contribution in [3.63, 3.8) is 0 Å². The number of ether oxygens (including phenoxy) is 1. The van der Waals surface area contributed by atoms with Crippen molar-refractivity contribution in [2.45, 2.75) is 12.8 Å². The molecular weight excluding hydrogens is 208 g/mol. The molecule has 1 rings (SSSR count). The topological polar surface area (TPSA) is 58.6 Å². The Bertz CT molecular complexity index is 252. The summed E-state index contributed by atoms with van der Waals surface area (Å²) < 4.78 is 4.82. The average Bonchev–Trinajstić information content (AvgIpc) is 3.00. The Hall–Kier alpha value is -0.940. The summed E-state index contributed by atoms with van der Waals surface area (Å²) in [6.07, 6.45) is 2.04. The van der Waals surface area contributed by atoms with Crippen molar-refractivity contribution in [1.29, 1.82) is 0 Å². The first-order valence-electron chi connectivity index (χ1n) is 5.60. The van der Waals surface area contributed by atoms with E-state index in [0.29, 0.717) is 19.7 Å². The quantitative estimate of drug-likeness (QED) is 0.577. The Morgan fingerprint density at radius 1 is 1.38 bits per heavy atom. The summed E-state index contributed by atoms with van der Waals surface area (Å²) in [6, 6.07) is 0. The van der Waals surface area contributed by atoms with E-state index in [2.05, 4.69) is 5.32 Å². The minimum atomic E-state index is -0.0665. The molecule has 1 N–H and O–H groups in total. The zero-order valence-electron chi connectivity index (χ0n) is 9.99. The highest BCUT2D eigenvalue weighted by atomic mass is 16.5. The second-order valence-corrected chi connectivity index (χ2v) is 4.26. The Morgan fingerprint density at radius 2 is 2.06 bits per heavy atom. The Morgan fingerprint density at radius 3 is 2.62 bits per heavy atom. The maximum Gasteiger partial charge on any atom is 0.234 e. The van der Waals surface area contributed by atoms with Crippen LogP contribution >= 0.6 is 0 Å². The van der Waals surface area contributed by atoms with E-state index in [1.54, 1.807) is 19.1 Å². The number of hydrogen-bond acceptors (Lipinski definition) is 4. The molecule has 0 aliphatic heterocycles. The largest absolute Gasteiger partial charge is 0.383 e. The minimum Gasteiger partial charge on any atom is -0.383 e. The Labute approximate surface area is 96.1 Å². The maximum absolute atomic E-state index is 11.5. The van der Waals surface area contributed by atoms with Gasteiger partial charge in [-0.3, -0.25) is 14.5 Å². The van der Waals surface area contributed by atoms with Crippen molar-refractivity contribution in [2.24, 2.45) is 5.92 Å². The van der Waals surface area contributed by atoms with Crippen LogP contribution in [0.15, 0.2) is 0 Å². The van der Waals surface area contributed by atoms with E-state index >= 15 is 0 Å². The number of Topliss-reactive ketones (excluding diaryl/α,β-unsaturated/α-hetero) is 1. The SMILES string of the molecule is COCCNC(=O)CN(C)CC(=O)C1CC1. The van der Waals surface area contributed by atoms with Gasteiger partial charge in [0.2, 0.25) is 5.91 Å². The molecule has 1 aliphatic rings. The Balaban J connectivity index is 2.09. The van der Waals surface area contributed by atoms with E-state index in [1.807, 2.05) is 0 Å². The number of amides is 1. The van der Waals surface area contributed by atoms with E-state index in [1.165, 1.54) is 0 Å². The summed E-state index contributed by atoms with van der Waals surface area (Å²) in [5, 5.41) is 2.72. The highest BCUT2D eigenvalue weighted by Crippen LogP contribution is 2.29. The molecule has 0 aromatic carbocycles. The summed E-state index contributed by atoms with van der Waals surface area (Å²) in [6.45, 7) is 1.67. The summed E-state index contributed by atoms with van der Waals surface area (Å²) in [4.78, 5) is 24.6. The fourth-order valence-electron chi connectivity index (χ4n) is 1.45. The predicted octanol–water partition coefficient (Wildman–Crippen LogP) is -0.340. The molecule has 0 aromatic heterocycles. The third kappa shape index (κ3) is 5.23. The lowest BCUT2D eigenvalue weighted by Crippen LogP contribution is -2.38. The number of nitrogens with zero attached hydrogens (tertiary/aromatic N) is 1. The third-order valence-electron chi connectivity index (χ3n) is 2.50. The molecule has 0 atom stereocenters. The van der Waals surface area contributed by atoms with Crippen molar-refractivity contribution >= 4 is 11.7 Å². The first kappa shape index (κ1) is 13.1. The molecule has 5 heteroatoms. The van der Waals surface area contributed by atoms with Crippen LogP contribution in [0.3, 0.4) is 0 Å². The van der Waals surface area contributed by atoms with Gasteiger partial charge in [-0.2, -0.15) is 0 Å². The fraction of sp³-hybridized carbons (Fsp3) is 0.818. The van der Waals surface area contributed by atoms with Crippen LogP contribution in [0.4, 0.5) is 0 Å². The number of methoxy groups -OCH3 is 1. The highest BCUT2D eigenvalue weighted by Gasteiger charge is 2.29. The molecule has 1 saturated carbocycles. The van der Waals surface area contributed by atoms with Crippen molar-refractivity contribution in [1.82, 2.24) is 10.2 Å². The molecule has 0 saturated heterocycles. The molecule has 1 fully saturated rings. The third-order valence-corrected chi connectivity index (χ3v) is 2.50. The molecule has 16 heavy (non-hydrogen) atoms. The molecule has 1 aliphatic carbocycles. The van der Waals surface area contributed by atoms with Gasteiger partial charge in [0.25, 0.3) is 0 Å². The van der Waals surface area contributed by atoms with Gasteiger partial charge in [-0.25, -0.2) is 0 Å². The van der Waals surface area contributed by atoms with Gasteiger partial charge < -0.3 is 10.1 Å². The van der Waals surface area contributed by atoms with Crippen LogP contribution in [0, 0.1) is 5.92 Å². The van der Waals surface area contributed by atoms with Gasteiger partial charge in [0.1, 0.15) is 5.78 Å². The molecule has 0 bridgehead atoms. The number of carbonyl (C=O) groups is 2. The lowest BCUT2D eigenvalue weighted by molar-refractivity contribution is -0.124. The van der Waals surface area contributed by atoms with Crippen molar-refractivity contribution in [3.8, 4) is 0 Å². The predicted molar refractivity (Wildman–Crippen MR) is 60.1 cm³/mol. The standard InChI is InChI=1S/C11H20N2O3/c1-13(7-10(14)9-3-4-9)8-11(15)12-5-6-16-2/h9H,3-8H2,1-2H3,(H,12,15). The molecule has 5 nitrogen and oxygen atoms in total. The number of likely N-dealkylation sites (N-methyl/N-ethyl adjacent to an activating group) is 1. The molecule has 92 valence electrons. The first-order valence-corrected chi connectivity index (χ1v) is 5.60. The zero-order chi connectivity index (χ0) is 12.0. The van der Waals surface area contributed by atoms with E-state index in [0.717, 1.165) is 12.8 Å². The molecule has 0 radical (unpaired) electrons. The Kier molecular flexibility index (Phi) is 5.42. The number of carbonyl (C=O) groups excluding carboxylic acids is 2. The summed E-state index contributed by atoms with van der Waals surface area (Å²) in [5.41, 5.74) is 0. The van der Waals surface area contributed by atoms with E-state index in [9.17, 15) is 9.59 Å². The van der Waals surface area contributed by atoms with Crippen LogP contribution in [0.2, 0.25) is 0 Å². The lowest BCUT2D eigenvalue weighted by Gasteiger charge is -2.15. The highest BCUT2D eigenvalue weighted by molar-refractivity contribution is 5.85. The summed E-state index contributed by atoms with van der Waals surface area (Å²) >= 11 is 0. The second-order valence-electron chi connectivity index (χ2n) is 4.26. The van der Waals surface area contributed by atoms with Crippen LogP contribution in [0.25, 0.3) is 0 Å². The van der Waals surface area contributed by atoms with E-state index in [-0.39, 0.29) is 24.2 Å². The molecule has 0 heterocycles. The number of nitrogens with one attached hydrogen (secondary N) is 1.